The van der Waals surface area contributed by atoms with E-state index in [9.17, 15) is 4.79 Å². The molecule has 0 saturated heterocycles. The number of para-hydroxylation sites is 1. The summed E-state index contributed by atoms with van der Waals surface area (Å²) in [5.41, 5.74) is 1.13. The van der Waals surface area contributed by atoms with Gasteiger partial charge in [0.05, 0.1) is 0 Å². The number of nitrogens with zero attached hydrogens (tertiary/aromatic N) is 1. The van der Waals surface area contributed by atoms with Crippen molar-refractivity contribution in [3.05, 3.63) is 30.3 Å². The van der Waals surface area contributed by atoms with Gasteiger partial charge in [0.1, 0.15) is 0 Å². The summed E-state index contributed by atoms with van der Waals surface area (Å²) in [6.07, 6.45) is 0.917. The Morgan fingerprint density at radius 2 is 1.68 bits per heavy atom. The number of carbonyl (C=O) groups is 1. The van der Waals surface area contributed by atoms with E-state index in [1.165, 1.54) is 0 Å². The summed E-state index contributed by atoms with van der Waals surface area (Å²) in [5, 5.41) is 0. The van der Waals surface area contributed by atoms with E-state index in [0.717, 1.165) is 12.1 Å². The van der Waals surface area contributed by atoms with Gasteiger partial charge in [0.25, 0.3) is 0 Å². The van der Waals surface area contributed by atoms with Crippen LogP contribution in [0.4, 0.5) is 5.69 Å². The van der Waals surface area contributed by atoms with E-state index in [1.54, 1.807) is 4.90 Å². The van der Waals surface area contributed by atoms with Crippen molar-refractivity contribution in [2.45, 2.75) is 41.0 Å². The average molecular weight is 261 g/mol. The quantitative estimate of drug-likeness (QED) is 0.788. The second-order valence-electron chi connectivity index (χ2n) is 6.85. The third kappa shape index (κ3) is 4.70. The van der Waals surface area contributed by atoms with Crippen LogP contribution in [0, 0.1) is 17.3 Å². The minimum Gasteiger partial charge on any atom is -0.315 e. The fraction of sp³-hybridized carbons (Fsp3) is 0.588. The van der Waals surface area contributed by atoms with E-state index in [4.69, 9.17) is 0 Å². The van der Waals surface area contributed by atoms with Gasteiger partial charge in [0, 0.05) is 18.7 Å². The molecule has 0 bridgehead atoms. The first-order valence-corrected chi connectivity index (χ1v) is 7.05. The first-order valence-electron chi connectivity index (χ1n) is 7.05. The summed E-state index contributed by atoms with van der Waals surface area (Å²) >= 11 is 0. The topological polar surface area (TPSA) is 20.3 Å². The minimum atomic E-state index is 0.0743. The van der Waals surface area contributed by atoms with Crippen LogP contribution in [0.15, 0.2) is 30.3 Å². The zero-order valence-corrected chi connectivity index (χ0v) is 13.1. The van der Waals surface area contributed by atoms with Crippen molar-refractivity contribution < 1.29 is 4.79 Å². The number of hydrogen-bond acceptors (Lipinski definition) is 1. The Morgan fingerprint density at radius 3 is 2.11 bits per heavy atom. The number of benzene rings is 1. The van der Waals surface area contributed by atoms with Gasteiger partial charge >= 0.3 is 0 Å². The van der Waals surface area contributed by atoms with Gasteiger partial charge < -0.3 is 4.90 Å². The van der Waals surface area contributed by atoms with Crippen LogP contribution in [-0.2, 0) is 4.79 Å². The Bertz CT molecular complexity index is 403. The van der Waals surface area contributed by atoms with Gasteiger partial charge in [-0.1, -0.05) is 52.8 Å². The zero-order valence-electron chi connectivity index (χ0n) is 13.1. The van der Waals surface area contributed by atoms with Crippen LogP contribution in [0.25, 0.3) is 0 Å². The van der Waals surface area contributed by atoms with Crippen LogP contribution in [0.2, 0.25) is 0 Å². The van der Waals surface area contributed by atoms with E-state index >= 15 is 0 Å². The van der Waals surface area contributed by atoms with Crippen molar-refractivity contribution in [2.75, 3.05) is 11.9 Å². The van der Waals surface area contributed by atoms with Gasteiger partial charge in [-0.15, -0.1) is 0 Å². The van der Waals surface area contributed by atoms with Crippen molar-refractivity contribution >= 4 is 11.6 Å². The molecule has 1 rings (SSSR count). The molecule has 0 heterocycles. The molecule has 0 aromatic heterocycles. The van der Waals surface area contributed by atoms with Crippen molar-refractivity contribution in [3.63, 3.8) is 0 Å². The lowest BCUT2D eigenvalue weighted by molar-refractivity contribution is -0.124. The highest BCUT2D eigenvalue weighted by atomic mass is 16.2. The monoisotopic (exact) mass is 261 g/mol. The van der Waals surface area contributed by atoms with Crippen LogP contribution >= 0.6 is 0 Å². The van der Waals surface area contributed by atoms with Crippen LogP contribution < -0.4 is 4.90 Å². The normalized spacial score (nSPS) is 13.4. The maximum Gasteiger partial charge on any atom is 0.230 e. The fourth-order valence-electron chi connectivity index (χ4n) is 2.30. The maximum atomic E-state index is 12.7. The second kappa shape index (κ2) is 6.23. The molecule has 0 saturated carbocycles. The summed E-state index contributed by atoms with van der Waals surface area (Å²) in [6.45, 7) is 10.8. The third-order valence-electron chi connectivity index (χ3n) is 3.43. The average Bonchev–Trinajstić information content (AvgIpc) is 2.34. The predicted octanol–water partition coefficient (Wildman–Crippen LogP) is 4.36. The van der Waals surface area contributed by atoms with E-state index in [0.29, 0.717) is 5.92 Å². The van der Waals surface area contributed by atoms with Gasteiger partial charge in [-0.2, -0.15) is 0 Å². The lowest BCUT2D eigenvalue weighted by Gasteiger charge is -2.31. The molecule has 0 radical (unpaired) electrons. The molecule has 1 amide bonds. The van der Waals surface area contributed by atoms with Crippen molar-refractivity contribution in [2.24, 2.45) is 17.3 Å². The van der Waals surface area contributed by atoms with Crippen LogP contribution in [0.1, 0.15) is 41.0 Å². The fourth-order valence-corrected chi connectivity index (χ4v) is 2.30. The minimum absolute atomic E-state index is 0.0743. The Morgan fingerprint density at radius 1 is 1.16 bits per heavy atom. The lowest BCUT2D eigenvalue weighted by Crippen LogP contribution is -2.37. The van der Waals surface area contributed by atoms with Gasteiger partial charge in [-0.25, -0.2) is 0 Å². The summed E-state index contributed by atoms with van der Waals surface area (Å²) in [7, 11) is 1.87. The molecule has 2 heteroatoms. The summed E-state index contributed by atoms with van der Waals surface area (Å²) in [4.78, 5) is 14.5. The zero-order chi connectivity index (χ0) is 14.6. The largest absolute Gasteiger partial charge is 0.315 e. The van der Waals surface area contributed by atoms with Gasteiger partial charge in [-0.05, 0) is 29.9 Å². The SMILES string of the molecule is CC(C)C(CC(C)(C)C)C(=O)N(C)c1ccccc1. The number of hydrogen-bond donors (Lipinski definition) is 0. The highest BCUT2D eigenvalue weighted by Gasteiger charge is 2.30. The molecule has 0 fully saturated rings. The molecule has 0 aliphatic rings. The molecular formula is C17H27NO. The van der Waals surface area contributed by atoms with E-state index in [-0.39, 0.29) is 17.2 Å². The Labute approximate surface area is 117 Å². The summed E-state index contributed by atoms with van der Waals surface area (Å²) in [5.74, 6) is 0.652. The molecule has 1 aromatic rings. The van der Waals surface area contributed by atoms with E-state index < -0.39 is 0 Å². The Hall–Kier alpha value is -1.31. The predicted molar refractivity (Wildman–Crippen MR) is 82.3 cm³/mol. The van der Waals surface area contributed by atoms with Gasteiger partial charge in [-0.3, -0.25) is 4.79 Å². The molecule has 0 N–H and O–H groups in total. The Balaban J connectivity index is 2.88. The second-order valence-corrected chi connectivity index (χ2v) is 6.85. The van der Waals surface area contributed by atoms with Crippen LogP contribution in [-0.4, -0.2) is 13.0 Å². The molecule has 0 aliphatic carbocycles. The molecule has 1 unspecified atom stereocenters. The molecule has 19 heavy (non-hydrogen) atoms. The molecular weight excluding hydrogens is 234 g/mol. The third-order valence-corrected chi connectivity index (χ3v) is 3.43. The number of anilines is 1. The molecule has 0 aliphatic heterocycles. The standard InChI is InChI=1S/C17H27NO/c1-13(2)15(12-17(3,4)5)16(19)18(6)14-10-8-7-9-11-14/h7-11,13,15H,12H2,1-6H3. The number of rotatable bonds is 4. The highest BCUT2D eigenvalue weighted by Crippen LogP contribution is 2.31. The Kier molecular flexibility index (Phi) is 5.16. The van der Waals surface area contributed by atoms with E-state index in [1.807, 2.05) is 37.4 Å². The highest BCUT2D eigenvalue weighted by molar-refractivity contribution is 5.94. The molecule has 1 aromatic carbocycles. The molecule has 1 atom stereocenters. The van der Waals surface area contributed by atoms with Crippen LogP contribution in [0.3, 0.4) is 0 Å². The first kappa shape index (κ1) is 15.7. The maximum absolute atomic E-state index is 12.7. The number of amides is 1. The first-order chi connectivity index (χ1) is 8.72. The molecule has 0 spiro atoms. The van der Waals surface area contributed by atoms with Crippen molar-refractivity contribution in [1.82, 2.24) is 0 Å². The van der Waals surface area contributed by atoms with Gasteiger partial charge in [0.2, 0.25) is 5.91 Å². The number of carbonyl (C=O) groups excluding carboxylic acids is 1. The molecule has 2 nitrogen and oxygen atoms in total. The van der Waals surface area contributed by atoms with Crippen LogP contribution in [0.5, 0.6) is 0 Å². The van der Waals surface area contributed by atoms with Gasteiger partial charge in [0.15, 0.2) is 0 Å². The lowest BCUT2D eigenvalue weighted by atomic mass is 9.79. The van der Waals surface area contributed by atoms with Crippen molar-refractivity contribution in [3.8, 4) is 0 Å². The van der Waals surface area contributed by atoms with Crippen molar-refractivity contribution in [1.29, 1.82) is 0 Å². The van der Waals surface area contributed by atoms with E-state index in [2.05, 4.69) is 34.6 Å². The summed E-state index contributed by atoms with van der Waals surface area (Å²) < 4.78 is 0. The summed E-state index contributed by atoms with van der Waals surface area (Å²) in [6, 6.07) is 9.86. The smallest absolute Gasteiger partial charge is 0.230 e. The molecule has 106 valence electrons.